The highest BCUT2D eigenvalue weighted by molar-refractivity contribution is 6.33. The number of benzene rings is 2. The Bertz CT molecular complexity index is 906. The molecule has 1 aromatic heterocycles. The molecule has 3 rings (SSSR count). The van der Waals surface area contributed by atoms with Gasteiger partial charge in [0.2, 0.25) is 0 Å². The van der Waals surface area contributed by atoms with Gasteiger partial charge in [-0.2, -0.15) is 0 Å². The highest BCUT2D eigenvalue weighted by atomic mass is 35.5. The summed E-state index contributed by atoms with van der Waals surface area (Å²) in [6.07, 6.45) is 1.53. The van der Waals surface area contributed by atoms with Crippen LogP contribution >= 0.6 is 11.6 Å². The van der Waals surface area contributed by atoms with Crippen LogP contribution in [-0.4, -0.2) is 23.5 Å². The number of hydrogen-bond donors (Lipinski definition) is 1. The van der Waals surface area contributed by atoms with Crippen molar-refractivity contribution in [3.63, 3.8) is 0 Å². The van der Waals surface area contributed by atoms with Crippen LogP contribution in [0.15, 0.2) is 60.8 Å². The van der Waals surface area contributed by atoms with Crippen molar-refractivity contribution < 1.29 is 14.3 Å². The van der Waals surface area contributed by atoms with Crippen molar-refractivity contribution in [3.05, 3.63) is 71.5 Å². The Balaban J connectivity index is 1.67. The number of anilines is 1. The molecule has 0 aliphatic carbocycles. The highest BCUT2D eigenvalue weighted by Crippen LogP contribution is 2.20. The predicted molar refractivity (Wildman–Crippen MR) is 92.1 cm³/mol. The van der Waals surface area contributed by atoms with E-state index in [0.29, 0.717) is 16.1 Å². The lowest BCUT2D eigenvalue weighted by atomic mass is 10.1. The van der Waals surface area contributed by atoms with Crippen LogP contribution in [0.5, 0.6) is 0 Å². The van der Waals surface area contributed by atoms with E-state index in [0.717, 1.165) is 5.39 Å². The third kappa shape index (κ3) is 3.52. The smallest absolute Gasteiger partial charge is 0.358 e. The molecule has 0 unspecified atom stereocenters. The number of carbonyl (C=O) groups is 2. The van der Waals surface area contributed by atoms with Gasteiger partial charge < -0.3 is 10.1 Å². The molecule has 120 valence electrons. The van der Waals surface area contributed by atoms with Gasteiger partial charge in [0.15, 0.2) is 12.3 Å². The number of ether oxygens (including phenoxy) is 1. The maximum absolute atomic E-state index is 12.2. The number of aromatic nitrogens is 1. The molecule has 0 fully saturated rings. The molecule has 5 nitrogen and oxygen atoms in total. The summed E-state index contributed by atoms with van der Waals surface area (Å²) in [5.41, 5.74) is 0.641. The molecule has 24 heavy (non-hydrogen) atoms. The average Bonchev–Trinajstić information content (AvgIpc) is 2.61. The molecule has 0 atom stereocenters. The second-order valence-corrected chi connectivity index (χ2v) is 5.39. The van der Waals surface area contributed by atoms with Crippen molar-refractivity contribution >= 4 is 39.9 Å². The number of hydrogen-bond acceptors (Lipinski definition) is 4. The van der Waals surface area contributed by atoms with Crippen LogP contribution in [0.4, 0.5) is 5.69 Å². The normalized spacial score (nSPS) is 10.4. The molecule has 1 heterocycles. The van der Waals surface area contributed by atoms with E-state index in [4.69, 9.17) is 16.3 Å². The monoisotopic (exact) mass is 340 g/mol. The van der Waals surface area contributed by atoms with Gasteiger partial charge in [-0.1, -0.05) is 48.0 Å². The van der Waals surface area contributed by atoms with Gasteiger partial charge >= 0.3 is 5.97 Å². The van der Waals surface area contributed by atoms with Crippen LogP contribution in [0, 0.1) is 0 Å². The first-order valence-electron chi connectivity index (χ1n) is 7.20. The zero-order valence-electron chi connectivity index (χ0n) is 12.5. The SMILES string of the molecule is O=C(COC(=O)c1nccc2ccccc12)Nc1ccccc1Cl. The first-order valence-corrected chi connectivity index (χ1v) is 7.58. The van der Waals surface area contributed by atoms with E-state index in [1.54, 1.807) is 36.4 Å². The summed E-state index contributed by atoms with van der Waals surface area (Å²) >= 11 is 5.96. The number of nitrogens with zero attached hydrogens (tertiary/aromatic N) is 1. The Morgan fingerprint density at radius 1 is 1.04 bits per heavy atom. The second-order valence-electron chi connectivity index (χ2n) is 4.98. The topological polar surface area (TPSA) is 68.3 Å². The van der Waals surface area contributed by atoms with Gasteiger partial charge in [-0.05, 0) is 23.6 Å². The number of rotatable bonds is 4. The number of halogens is 1. The second kappa shape index (κ2) is 7.10. The molecule has 0 radical (unpaired) electrons. The van der Waals surface area contributed by atoms with Crippen molar-refractivity contribution in [1.82, 2.24) is 4.98 Å². The van der Waals surface area contributed by atoms with Crippen LogP contribution in [0.1, 0.15) is 10.5 Å². The summed E-state index contributed by atoms with van der Waals surface area (Å²) < 4.78 is 5.05. The summed E-state index contributed by atoms with van der Waals surface area (Å²) in [5.74, 6) is -1.13. The van der Waals surface area contributed by atoms with Crippen molar-refractivity contribution in [3.8, 4) is 0 Å². The number of amides is 1. The molecule has 0 aliphatic rings. The number of nitrogens with one attached hydrogen (secondary N) is 1. The lowest BCUT2D eigenvalue weighted by molar-refractivity contribution is -0.119. The lowest BCUT2D eigenvalue weighted by Gasteiger charge is -2.08. The fraction of sp³-hybridized carbons (Fsp3) is 0.0556. The van der Waals surface area contributed by atoms with E-state index >= 15 is 0 Å². The lowest BCUT2D eigenvalue weighted by Crippen LogP contribution is -2.21. The van der Waals surface area contributed by atoms with Gasteiger partial charge in [-0.3, -0.25) is 4.79 Å². The van der Waals surface area contributed by atoms with Crippen molar-refractivity contribution in [1.29, 1.82) is 0 Å². The Morgan fingerprint density at radius 3 is 2.62 bits per heavy atom. The van der Waals surface area contributed by atoms with E-state index in [1.165, 1.54) is 6.20 Å². The fourth-order valence-corrected chi connectivity index (χ4v) is 2.41. The van der Waals surface area contributed by atoms with Crippen molar-refractivity contribution in [2.24, 2.45) is 0 Å². The maximum atomic E-state index is 12.2. The first-order chi connectivity index (χ1) is 11.6. The van der Waals surface area contributed by atoms with E-state index in [1.807, 2.05) is 18.2 Å². The zero-order chi connectivity index (χ0) is 16.9. The Labute approximate surface area is 143 Å². The molecule has 1 N–H and O–H groups in total. The van der Waals surface area contributed by atoms with Gasteiger partial charge in [0.25, 0.3) is 5.91 Å². The van der Waals surface area contributed by atoms with Gasteiger partial charge in [-0.15, -0.1) is 0 Å². The third-order valence-corrected chi connectivity index (χ3v) is 3.68. The number of para-hydroxylation sites is 1. The predicted octanol–water partition coefficient (Wildman–Crippen LogP) is 3.68. The summed E-state index contributed by atoms with van der Waals surface area (Å²) in [6.45, 7) is -0.422. The minimum atomic E-state index is -0.652. The van der Waals surface area contributed by atoms with Crippen LogP contribution in [0.25, 0.3) is 10.8 Å². The van der Waals surface area contributed by atoms with E-state index in [-0.39, 0.29) is 5.69 Å². The van der Waals surface area contributed by atoms with Gasteiger partial charge in [0.05, 0.1) is 10.7 Å². The molecule has 0 bridgehead atoms. The summed E-state index contributed by atoms with van der Waals surface area (Å²) in [7, 11) is 0. The van der Waals surface area contributed by atoms with Gasteiger partial charge in [0.1, 0.15) is 0 Å². The van der Waals surface area contributed by atoms with E-state index in [9.17, 15) is 9.59 Å². The summed E-state index contributed by atoms with van der Waals surface area (Å²) in [4.78, 5) is 28.1. The number of pyridine rings is 1. The fourth-order valence-electron chi connectivity index (χ4n) is 2.23. The zero-order valence-corrected chi connectivity index (χ0v) is 13.3. The van der Waals surface area contributed by atoms with E-state index < -0.39 is 18.5 Å². The molecule has 2 aromatic carbocycles. The average molecular weight is 341 g/mol. The molecular weight excluding hydrogens is 328 g/mol. The van der Waals surface area contributed by atoms with Crippen molar-refractivity contribution in [2.45, 2.75) is 0 Å². The first kappa shape index (κ1) is 16.0. The number of fused-ring (bicyclic) bond motifs is 1. The molecule has 0 aliphatic heterocycles. The largest absolute Gasteiger partial charge is 0.451 e. The Kier molecular flexibility index (Phi) is 4.72. The van der Waals surface area contributed by atoms with Gasteiger partial charge in [0, 0.05) is 11.6 Å². The molecule has 0 saturated heterocycles. The molecule has 6 heteroatoms. The minimum Gasteiger partial charge on any atom is -0.451 e. The van der Waals surface area contributed by atoms with Gasteiger partial charge in [-0.25, -0.2) is 9.78 Å². The minimum absolute atomic E-state index is 0.179. The highest BCUT2D eigenvalue weighted by Gasteiger charge is 2.15. The van der Waals surface area contributed by atoms with Crippen LogP contribution in [0.2, 0.25) is 5.02 Å². The van der Waals surface area contributed by atoms with Crippen molar-refractivity contribution in [2.75, 3.05) is 11.9 Å². The van der Waals surface area contributed by atoms with Crippen LogP contribution in [0.3, 0.4) is 0 Å². The Morgan fingerprint density at radius 2 is 1.79 bits per heavy atom. The molecule has 1 amide bonds. The third-order valence-electron chi connectivity index (χ3n) is 3.35. The molecule has 0 spiro atoms. The van der Waals surface area contributed by atoms with Crippen LogP contribution in [-0.2, 0) is 9.53 Å². The summed E-state index contributed by atoms with van der Waals surface area (Å²) in [6, 6.07) is 15.9. The number of esters is 1. The molecular formula is C18H13ClN2O3. The maximum Gasteiger partial charge on any atom is 0.358 e. The quantitative estimate of drug-likeness (QED) is 0.735. The van der Waals surface area contributed by atoms with Crippen LogP contribution < -0.4 is 5.32 Å². The summed E-state index contributed by atoms with van der Waals surface area (Å²) in [5, 5.41) is 4.55. The molecule has 3 aromatic rings. The Hall–Kier alpha value is -2.92. The molecule has 0 saturated carbocycles. The van der Waals surface area contributed by atoms with E-state index in [2.05, 4.69) is 10.3 Å². The standard InChI is InChI=1S/C18H13ClN2O3/c19-14-7-3-4-8-15(14)21-16(22)11-24-18(23)17-13-6-2-1-5-12(13)9-10-20-17/h1-10H,11H2,(H,21,22). The number of carbonyl (C=O) groups excluding carboxylic acids is 2.